The van der Waals surface area contributed by atoms with E-state index in [2.05, 4.69) is 0 Å². The molecule has 120 valence electrons. The summed E-state index contributed by atoms with van der Waals surface area (Å²) in [7, 11) is 1.59. The van der Waals surface area contributed by atoms with Crippen LogP contribution in [-0.4, -0.2) is 55.4 Å². The molecular weight excluding hydrogens is 288 g/mol. The lowest BCUT2D eigenvalue weighted by molar-refractivity contribution is -0.131. The van der Waals surface area contributed by atoms with Gasteiger partial charge in [0.05, 0.1) is 20.3 Å². The highest BCUT2D eigenvalue weighted by Crippen LogP contribution is 2.11. The van der Waals surface area contributed by atoms with Crippen molar-refractivity contribution in [3.05, 3.63) is 35.9 Å². The van der Waals surface area contributed by atoms with E-state index in [1.165, 1.54) is 6.08 Å². The maximum atomic E-state index is 10.4. The zero-order valence-corrected chi connectivity index (χ0v) is 12.4. The van der Waals surface area contributed by atoms with Crippen molar-refractivity contribution in [1.82, 2.24) is 4.90 Å². The number of hydrogen-bond acceptors (Lipinski definition) is 4. The summed E-state index contributed by atoms with van der Waals surface area (Å²) in [5.74, 6) is -0.191. The maximum Gasteiger partial charge on any atom is 0.328 e. The van der Waals surface area contributed by atoms with Crippen LogP contribution in [0.25, 0.3) is 6.08 Å². The van der Waals surface area contributed by atoms with E-state index in [-0.39, 0.29) is 6.03 Å². The molecule has 1 aliphatic heterocycles. The Bertz CT molecular complexity index is 507. The number of rotatable bonds is 3. The van der Waals surface area contributed by atoms with Gasteiger partial charge in [-0.3, -0.25) is 0 Å². The summed E-state index contributed by atoms with van der Waals surface area (Å²) in [6.07, 6.45) is 2.63. The van der Waals surface area contributed by atoms with Gasteiger partial charge in [-0.05, 0) is 23.8 Å². The van der Waals surface area contributed by atoms with E-state index in [0.717, 1.165) is 17.4 Å². The van der Waals surface area contributed by atoms with Crippen LogP contribution in [0.3, 0.4) is 0 Å². The molecule has 2 rings (SSSR count). The number of ether oxygens (including phenoxy) is 2. The number of benzene rings is 1. The van der Waals surface area contributed by atoms with Gasteiger partial charge in [0.2, 0.25) is 0 Å². The second-order valence-electron chi connectivity index (χ2n) is 4.38. The van der Waals surface area contributed by atoms with Crippen molar-refractivity contribution in [3.63, 3.8) is 0 Å². The number of aliphatic carboxylic acids is 1. The van der Waals surface area contributed by atoms with Gasteiger partial charge in [-0.25, -0.2) is 9.59 Å². The minimum Gasteiger partial charge on any atom is -0.497 e. The molecule has 2 amide bonds. The number of amides is 2. The Kier molecular flexibility index (Phi) is 7.49. The third kappa shape index (κ3) is 6.76. The first-order valence-electron chi connectivity index (χ1n) is 6.70. The molecule has 7 heteroatoms. The van der Waals surface area contributed by atoms with Crippen LogP contribution in [-0.2, 0) is 9.53 Å². The van der Waals surface area contributed by atoms with Crippen molar-refractivity contribution in [1.29, 1.82) is 0 Å². The quantitative estimate of drug-likeness (QED) is 0.817. The second kappa shape index (κ2) is 9.41. The van der Waals surface area contributed by atoms with Crippen LogP contribution < -0.4 is 10.5 Å². The van der Waals surface area contributed by atoms with Gasteiger partial charge in [0.25, 0.3) is 0 Å². The SMILES string of the molecule is COc1ccc(/C=C/C(=O)O)cc1.NC(=O)N1CCOCC1. The smallest absolute Gasteiger partial charge is 0.328 e. The molecule has 0 bridgehead atoms. The molecule has 1 aromatic rings. The fourth-order valence-corrected chi connectivity index (χ4v) is 1.67. The molecule has 1 saturated heterocycles. The van der Waals surface area contributed by atoms with Gasteiger partial charge in [0, 0.05) is 19.2 Å². The lowest BCUT2D eigenvalue weighted by Gasteiger charge is -2.24. The van der Waals surface area contributed by atoms with Gasteiger partial charge in [0.15, 0.2) is 0 Å². The summed E-state index contributed by atoms with van der Waals surface area (Å²) in [4.78, 5) is 22.2. The predicted molar refractivity (Wildman–Crippen MR) is 81.6 cm³/mol. The van der Waals surface area contributed by atoms with Gasteiger partial charge in [-0.2, -0.15) is 0 Å². The van der Waals surface area contributed by atoms with Gasteiger partial charge < -0.3 is 25.2 Å². The summed E-state index contributed by atoms with van der Waals surface area (Å²) in [6.45, 7) is 2.50. The monoisotopic (exact) mass is 308 g/mol. The number of nitrogens with two attached hydrogens (primary N) is 1. The molecule has 7 nitrogen and oxygen atoms in total. The molecule has 1 aliphatic rings. The summed E-state index contributed by atoms with van der Waals surface area (Å²) in [5, 5.41) is 8.36. The van der Waals surface area contributed by atoms with Crippen molar-refractivity contribution in [2.24, 2.45) is 5.73 Å². The predicted octanol–water partition coefficient (Wildman–Crippen LogP) is 1.19. The third-order valence-electron chi connectivity index (χ3n) is 2.86. The molecule has 0 spiro atoms. The number of morpholine rings is 1. The van der Waals surface area contributed by atoms with E-state index in [0.29, 0.717) is 26.3 Å². The molecule has 0 atom stereocenters. The number of urea groups is 1. The molecule has 0 radical (unpaired) electrons. The minimum absolute atomic E-state index is 0.349. The van der Waals surface area contributed by atoms with Crippen LogP contribution in [0, 0.1) is 0 Å². The number of carboxylic acid groups (broad SMARTS) is 1. The van der Waals surface area contributed by atoms with E-state index < -0.39 is 5.97 Å². The topological polar surface area (TPSA) is 102 Å². The molecule has 22 heavy (non-hydrogen) atoms. The molecule has 1 aromatic carbocycles. The minimum atomic E-state index is -0.948. The first-order chi connectivity index (χ1) is 10.5. The second-order valence-corrected chi connectivity index (χ2v) is 4.38. The van der Waals surface area contributed by atoms with Crippen LogP contribution in [0.2, 0.25) is 0 Å². The first kappa shape index (κ1) is 17.5. The van der Waals surface area contributed by atoms with Gasteiger partial charge >= 0.3 is 12.0 Å². The number of primary amides is 1. The van der Waals surface area contributed by atoms with Crippen LogP contribution in [0.4, 0.5) is 4.79 Å². The van der Waals surface area contributed by atoms with Crippen LogP contribution in [0.15, 0.2) is 30.3 Å². The maximum absolute atomic E-state index is 10.4. The third-order valence-corrected chi connectivity index (χ3v) is 2.86. The number of hydrogen-bond donors (Lipinski definition) is 2. The molecule has 0 aliphatic carbocycles. The molecule has 0 aromatic heterocycles. The zero-order valence-electron chi connectivity index (χ0n) is 12.4. The Hall–Kier alpha value is -2.54. The highest BCUT2D eigenvalue weighted by molar-refractivity contribution is 5.85. The highest BCUT2D eigenvalue weighted by atomic mass is 16.5. The Balaban J connectivity index is 0.000000235. The van der Waals surface area contributed by atoms with E-state index >= 15 is 0 Å². The number of nitrogens with zero attached hydrogens (tertiary/aromatic N) is 1. The molecule has 1 fully saturated rings. The van der Waals surface area contributed by atoms with Gasteiger partial charge in [-0.15, -0.1) is 0 Å². The number of carbonyl (C=O) groups is 2. The Morgan fingerprint density at radius 3 is 2.27 bits per heavy atom. The lowest BCUT2D eigenvalue weighted by Crippen LogP contribution is -2.43. The Morgan fingerprint density at radius 1 is 1.27 bits per heavy atom. The Labute approximate surface area is 128 Å². The van der Waals surface area contributed by atoms with E-state index in [9.17, 15) is 9.59 Å². The Morgan fingerprint density at radius 2 is 1.86 bits per heavy atom. The summed E-state index contributed by atoms with van der Waals surface area (Å²) in [5.41, 5.74) is 5.83. The van der Waals surface area contributed by atoms with Crippen LogP contribution in [0.5, 0.6) is 5.75 Å². The van der Waals surface area contributed by atoms with E-state index in [1.54, 1.807) is 36.3 Å². The standard InChI is InChI=1S/C10H10O3.C5H10N2O2/c1-13-9-5-2-8(3-6-9)4-7-10(11)12;6-5(8)7-1-3-9-4-2-7/h2-7H,1H3,(H,11,12);1-4H2,(H2,6,8)/b7-4+;. The van der Waals surface area contributed by atoms with E-state index in [4.69, 9.17) is 20.3 Å². The largest absolute Gasteiger partial charge is 0.497 e. The fraction of sp³-hybridized carbons (Fsp3) is 0.333. The number of methoxy groups -OCH3 is 1. The molecular formula is C15H20N2O5. The highest BCUT2D eigenvalue weighted by Gasteiger charge is 2.12. The molecule has 0 unspecified atom stereocenters. The van der Waals surface area contributed by atoms with E-state index in [1.807, 2.05) is 0 Å². The lowest BCUT2D eigenvalue weighted by atomic mass is 10.2. The van der Waals surface area contributed by atoms with Gasteiger partial charge in [-0.1, -0.05) is 12.1 Å². The summed E-state index contributed by atoms with van der Waals surface area (Å²) in [6, 6.07) is 6.79. The number of carbonyl (C=O) groups excluding carboxylic acids is 1. The van der Waals surface area contributed by atoms with Crippen molar-refractivity contribution >= 4 is 18.1 Å². The molecule has 1 heterocycles. The van der Waals surface area contributed by atoms with Crippen molar-refractivity contribution < 1.29 is 24.2 Å². The summed E-state index contributed by atoms with van der Waals surface area (Å²) < 4.78 is 9.95. The van der Waals surface area contributed by atoms with Crippen molar-refractivity contribution in [2.45, 2.75) is 0 Å². The first-order valence-corrected chi connectivity index (χ1v) is 6.70. The summed E-state index contributed by atoms with van der Waals surface area (Å²) >= 11 is 0. The van der Waals surface area contributed by atoms with Crippen LogP contribution >= 0.6 is 0 Å². The molecule has 3 N–H and O–H groups in total. The fourth-order valence-electron chi connectivity index (χ4n) is 1.67. The average Bonchev–Trinajstić information content (AvgIpc) is 2.55. The average molecular weight is 308 g/mol. The van der Waals surface area contributed by atoms with Crippen molar-refractivity contribution in [3.8, 4) is 5.75 Å². The molecule has 0 saturated carbocycles. The van der Waals surface area contributed by atoms with Gasteiger partial charge in [0.1, 0.15) is 5.75 Å². The normalized spacial score (nSPS) is 14.1. The van der Waals surface area contributed by atoms with Crippen molar-refractivity contribution in [2.75, 3.05) is 33.4 Å². The number of carboxylic acids is 1. The van der Waals surface area contributed by atoms with Crippen LogP contribution in [0.1, 0.15) is 5.56 Å². The zero-order chi connectivity index (χ0) is 16.4.